The molecule has 1 aromatic heterocycles. The lowest BCUT2D eigenvalue weighted by atomic mass is 9.75. The number of hydrogen-bond acceptors (Lipinski definition) is 3. The van der Waals surface area contributed by atoms with Gasteiger partial charge in [0.2, 0.25) is 0 Å². The number of aliphatic hydroxyl groups is 1. The number of benzene rings is 1. The predicted octanol–water partition coefficient (Wildman–Crippen LogP) is 3.55. The van der Waals surface area contributed by atoms with Crippen molar-refractivity contribution in [2.45, 2.75) is 25.8 Å². The van der Waals surface area contributed by atoms with Gasteiger partial charge in [0.1, 0.15) is 0 Å². The van der Waals surface area contributed by atoms with Gasteiger partial charge in [-0.15, -0.1) is 0 Å². The Labute approximate surface area is 142 Å². The first-order chi connectivity index (χ1) is 11.2. The quantitative estimate of drug-likeness (QED) is 0.910. The molecule has 0 amide bonds. The summed E-state index contributed by atoms with van der Waals surface area (Å²) in [6.45, 7) is 3.01. The van der Waals surface area contributed by atoms with Gasteiger partial charge in [0.25, 0.3) is 0 Å². The first-order valence-corrected chi connectivity index (χ1v) is 8.55. The molecule has 3 rings (SSSR count). The number of rotatable bonds is 5. The highest BCUT2D eigenvalue weighted by molar-refractivity contribution is 6.30. The highest BCUT2D eigenvalue weighted by Crippen LogP contribution is 2.34. The lowest BCUT2D eigenvalue weighted by Gasteiger charge is -2.42. The van der Waals surface area contributed by atoms with Crippen LogP contribution in [0.5, 0.6) is 0 Å². The number of aromatic nitrogens is 1. The van der Waals surface area contributed by atoms with Crippen LogP contribution in [0, 0.1) is 5.41 Å². The van der Waals surface area contributed by atoms with Crippen molar-refractivity contribution in [3.05, 3.63) is 64.9 Å². The summed E-state index contributed by atoms with van der Waals surface area (Å²) in [7, 11) is 0. The minimum Gasteiger partial charge on any atom is -0.396 e. The van der Waals surface area contributed by atoms with Gasteiger partial charge in [-0.05, 0) is 55.6 Å². The van der Waals surface area contributed by atoms with E-state index in [0.29, 0.717) is 0 Å². The van der Waals surface area contributed by atoms with E-state index in [1.54, 1.807) is 0 Å². The molecular formula is C19H23ClN2O. The van der Waals surface area contributed by atoms with E-state index < -0.39 is 0 Å². The van der Waals surface area contributed by atoms with Crippen LogP contribution in [0.4, 0.5) is 0 Å². The molecule has 3 nitrogen and oxygen atoms in total. The van der Waals surface area contributed by atoms with E-state index >= 15 is 0 Å². The van der Waals surface area contributed by atoms with Gasteiger partial charge in [-0.1, -0.05) is 29.8 Å². The standard InChI is InChI=1S/C19H23ClN2O/c20-17-6-3-5-16(11-17)12-19(15-23)8-4-10-22(14-19)13-18-7-1-2-9-21-18/h1-3,5-7,9,11,23H,4,8,10,12-15H2/t19-/m1/s1. The Morgan fingerprint density at radius 3 is 2.87 bits per heavy atom. The normalized spacial score (nSPS) is 22.2. The van der Waals surface area contributed by atoms with Crippen LogP contribution in [-0.2, 0) is 13.0 Å². The molecule has 122 valence electrons. The molecule has 1 fully saturated rings. The molecule has 0 aliphatic carbocycles. The second kappa shape index (κ2) is 7.43. The lowest BCUT2D eigenvalue weighted by molar-refractivity contribution is 0.0283. The monoisotopic (exact) mass is 330 g/mol. The molecule has 0 radical (unpaired) electrons. The summed E-state index contributed by atoms with van der Waals surface area (Å²) in [4.78, 5) is 6.83. The van der Waals surface area contributed by atoms with Crippen LogP contribution in [0.15, 0.2) is 48.7 Å². The molecule has 1 aliphatic rings. The Morgan fingerprint density at radius 2 is 2.13 bits per heavy atom. The van der Waals surface area contributed by atoms with Gasteiger partial charge in [0.15, 0.2) is 0 Å². The zero-order chi connectivity index (χ0) is 16.1. The Hall–Kier alpha value is -1.42. The van der Waals surface area contributed by atoms with Crippen molar-refractivity contribution in [1.29, 1.82) is 0 Å². The van der Waals surface area contributed by atoms with E-state index in [2.05, 4.69) is 22.0 Å². The number of aliphatic hydroxyl groups excluding tert-OH is 1. The van der Waals surface area contributed by atoms with Crippen LogP contribution < -0.4 is 0 Å². The van der Waals surface area contributed by atoms with Crippen molar-refractivity contribution in [2.75, 3.05) is 19.7 Å². The van der Waals surface area contributed by atoms with E-state index in [9.17, 15) is 5.11 Å². The van der Waals surface area contributed by atoms with Gasteiger partial charge >= 0.3 is 0 Å². The van der Waals surface area contributed by atoms with Crippen molar-refractivity contribution < 1.29 is 5.11 Å². The van der Waals surface area contributed by atoms with E-state index in [0.717, 1.165) is 49.6 Å². The van der Waals surface area contributed by atoms with Crippen LogP contribution in [0.3, 0.4) is 0 Å². The fourth-order valence-electron chi connectivity index (χ4n) is 3.58. The molecule has 1 N–H and O–H groups in total. The molecule has 1 atom stereocenters. The maximum absolute atomic E-state index is 10.1. The second-order valence-corrected chi connectivity index (χ2v) is 7.04. The van der Waals surface area contributed by atoms with Crippen LogP contribution in [-0.4, -0.2) is 34.7 Å². The minimum absolute atomic E-state index is 0.0856. The van der Waals surface area contributed by atoms with Gasteiger partial charge in [0, 0.05) is 29.7 Å². The number of nitrogens with zero attached hydrogens (tertiary/aromatic N) is 2. The number of halogens is 1. The number of hydrogen-bond donors (Lipinski definition) is 1. The summed E-state index contributed by atoms with van der Waals surface area (Å²) in [6, 6.07) is 14.0. The fourth-order valence-corrected chi connectivity index (χ4v) is 3.79. The number of likely N-dealkylation sites (tertiary alicyclic amines) is 1. The van der Waals surface area contributed by atoms with E-state index in [1.165, 1.54) is 5.56 Å². The summed E-state index contributed by atoms with van der Waals surface area (Å²) in [5, 5.41) is 10.8. The average molecular weight is 331 g/mol. The minimum atomic E-state index is -0.0856. The maximum Gasteiger partial charge on any atom is 0.0543 e. The van der Waals surface area contributed by atoms with Gasteiger partial charge < -0.3 is 5.11 Å². The topological polar surface area (TPSA) is 36.4 Å². The highest BCUT2D eigenvalue weighted by atomic mass is 35.5. The Bertz CT molecular complexity index is 634. The summed E-state index contributed by atoms with van der Waals surface area (Å²) in [5.74, 6) is 0. The summed E-state index contributed by atoms with van der Waals surface area (Å²) < 4.78 is 0. The lowest BCUT2D eigenvalue weighted by Crippen LogP contribution is -2.46. The first-order valence-electron chi connectivity index (χ1n) is 8.17. The third kappa shape index (κ3) is 4.31. The van der Waals surface area contributed by atoms with Gasteiger partial charge in [-0.2, -0.15) is 0 Å². The van der Waals surface area contributed by atoms with Gasteiger partial charge in [-0.3, -0.25) is 9.88 Å². The van der Waals surface area contributed by atoms with Crippen molar-refractivity contribution >= 4 is 11.6 Å². The van der Waals surface area contributed by atoms with Crippen molar-refractivity contribution in [3.63, 3.8) is 0 Å². The summed E-state index contributed by atoms with van der Waals surface area (Å²) >= 11 is 6.11. The molecule has 1 aromatic carbocycles. The molecule has 0 spiro atoms. The number of piperidine rings is 1. The molecule has 1 saturated heterocycles. The molecule has 1 aliphatic heterocycles. The number of pyridine rings is 1. The molecule has 0 bridgehead atoms. The Morgan fingerprint density at radius 1 is 1.22 bits per heavy atom. The Balaban J connectivity index is 1.71. The molecule has 2 heterocycles. The first kappa shape index (κ1) is 16.4. The molecule has 0 saturated carbocycles. The largest absolute Gasteiger partial charge is 0.396 e. The van der Waals surface area contributed by atoms with Crippen molar-refractivity contribution in [2.24, 2.45) is 5.41 Å². The fraction of sp³-hybridized carbons (Fsp3) is 0.421. The van der Waals surface area contributed by atoms with Gasteiger partial charge in [-0.25, -0.2) is 0 Å². The predicted molar refractivity (Wildman–Crippen MR) is 93.4 cm³/mol. The van der Waals surface area contributed by atoms with E-state index in [4.69, 9.17) is 11.6 Å². The third-order valence-corrected chi connectivity index (χ3v) is 4.89. The van der Waals surface area contributed by atoms with Crippen LogP contribution in [0.1, 0.15) is 24.1 Å². The van der Waals surface area contributed by atoms with Crippen LogP contribution in [0.25, 0.3) is 0 Å². The van der Waals surface area contributed by atoms with E-state index in [-0.39, 0.29) is 12.0 Å². The molecule has 23 heavy (non-hydrogen) atoms. The third-order valence-electron chi connectivity index (χ3n) is 4.66. The van der Waals surface area contributed by atoms with Crippen molar-refractivity contribution in [1.82, 2.24) is 9.88 Å². The zero-order valence-corrected chi connectivity index (χ0v) is 14.0. The molecule has 0 unspecified atom stereocenters. The zero-order valence-electron chi connectivity index (χ0n) is 13.3. The highest BCUT2D eigenvalue weighted by Gasteiger charge is 2.35. The smallest absolute Gasteiger partial charge is 0.0543 e. The van der Waals surface area contributed by atoms with Crippen molar-refractivity contribution in [3.8, 4) is 0 Å². The van der Waals surface area contributed by atoms with Crippen LogP contribution >= 0.6 is 11.6 Å². The summed E-state index contributed by atoms with van der Waals surface area (Å²) in [6.07, 6.45) is 4.86. The maximum atomic E-state index is 10.1. The second-order valence-electron chi connectivity index (χ2n) is 6.60. The average Bonchev–Trinajstić information content (AvgIpc) is 2.56. The molecular weight excluding hydrogens is 308 g/mol. The molecule has 4 heteroatoms. The summed E-state index contributed by atoms with van der Waals surface area (Å²) in [5.41, 5.74) is 2.20. The van der Waals surface area contributed by atoms with E-state index in [1.807, 2.05) is 36.5 Å². The van der Waals surface area contributed by atoms with Crippen LogP contribution in [0.2, 0.25) is 5.02 Å². The van der Waals surface area contributed by atoms with Gasteiger partial charge in [0.05, 0.1) is 12.3 Å². The molecule has 2 aromatic rings. The Kier molecular flexibility index (Phi) is 5.31. The SMILES string of the molecule is OC[C@@]1(Cc2cccc(Cl)c2)CCCN(Cc2ccccn2)C1.